The first-order valence-corrected chi connectivity index (χ1v) is 7.21. The van der Waals surface area contributed by atoms with Crippen LogP contribution >= 0.6 is 15.9 Å². The van der Waals surface area contributed by atoms with Gasteiger partial charge >= 0.3 is 0 Å². The van der Waals surface area contributed by atoms with Crippen LogP contribution in [0.25, 0.3) is 0 Å². The van der Waals surface area contributed by atoms with Gasteiger partial charge in [-0.15, -0.1) is 0 Å². The maximum Gasteiger partial charge on any atom is 0.241 e. The highest BCUT2D eigenvalue weighted by Crippen LogP contribution is 2.23. The largest absolute Gasteiger partial charge is 0.362 e. The third kappa shape index (κ3) is 4.84. The quantitative estimate of drug-likeness (QED) is 0.871. The monoisotopic (exact) mass is 327 g/mol. The lowest BCUT2D eigenvalue weighted by Gasteiger charge is -2.26. The topological polar surface area (TPSA) is 49.6 Å². The normalized spacial score (nSPS) is 10.4. The van der Waals surface area contributed by atoms with Crippen LogP contribution in [0.2, 0.25) is 0 Å². The maximum atomic E-state index is 11.9. The maximum absolute atomic E-state index is 11.9. The third-order valence-corrected chi connectivity index (χ3v) is 3.32. The van der Waals surface area contributed by atoms with E-state index in [0.717, 1.165) is 28.7 Å². The molecule has 0 aliphatic heterocycles. The van der Waals surface area contributed by atoms with E-state index in [1.54, 1.807) is 19.0 Å². The minimum absolute atomic E-state index is 0.0997. The van der Waals surface area contributed by atoms with E-state index in [1.165, 1.54) is 0 Å². The Bertz CT molecular complexity index is 435. The zero-order chi connectivity index (χ0) is 14.4. The van der Waals surface area contributed by atoms with E-state index in [0.29, 0.717) is 13.1 Å². The molecule has 0 unspecified atom stereocenters. The molecule has 1 rings (SSSR count). The van der Waals surface area contributed by atoms with Gasteiger partial charge in [-0.3, -0.25) is 4.79 Å². The summed E-state index contributed by atoms with van der Waals surface area (Å²) in [6.45, 7) is 3.84. The van der Waals surface area contributed by atoms with Crippen molar-refractivity contribution in [2.45, 2.75) is 19.9 Å². The number of amides is 1. The lowest BCUT2D eigenvalue weighted by atomic mass is 10.2. The van der Waals surface area contributed by atoms with Gasteiger partial charge in [0.1, 0.15) is 0 Å². The van der Waals surface area contributed by atoms with E-state index in [9.17, 15) is 4.79 Å². The van der Waals surface area contributed by atoms with E-state index < -0.39 is 0 Å². The molecule has 0 aliphatic rings. The summed E-state index contributed by atoms with van der Waals surface area (Å²) in [5.74, 6) is 0.0997. The molecule has 0 bridgehead atoms. The number of hydrogen-bond donors (Lipinski definition) is 1. The van der Waals surface area contributed by atoms with Crippen LogP contribution in [0.4, 0.5) is 5.69 Å². The molecule has 5 heteroatoms. The fraction of sp³-hybridized carbons (Fsp3) is 0.500. The molecule has 0 saturated heterocycles. The lowest BCUT2D eigenvalue weighted by Crippen LogP contribution is -2.37. The Morgan fingerprint density at radius 2 is 2.00 bits per heavy atom. The number of nitrogens with two attached hydrogens (primary N) is 1. The summed E-state index contributed by atoms with van der Waals surface area (Å²) in [4.78, 5) is 15.6. The summed E-state index contributed by atoms with van der Waals surface area (Å²) in [7, 11) is 3.55. The summed E-state index contributed by atoms with van der Waals surface area (Å²) in [5.41, 5.74) is 7.79. The van der Waals surface area contributed by atoms with E-state index in [-0.39, 0.29) is 5.91 Å². The highest BCUT2D eigenvalue weighted by molar-refractivity contribution is 9.10. The Morgan fingerprint density at radius 3 is 2.53 bits per heavy atom. The summed E-state index contributed by atoms with van der Waals surface area (Å²) in [5, 5.41) is 0. The number of carbonyl (C=O) groups excluding carboxylic acids is 1. The van der Waals surface area contributed by atoms with Gasteiger partial charge in [0.05, 0.1) is 6.54 Å². The van der Waals surface area contributed by atoms with Crippen LogP contribution in [0.5, 0.6) is 0 Å². The van der Waals surface area contributed by atoms with Crippen LogP contribution in [-0.2, 0) is 11.3 Å². The second kappa shape index (κ2) is 7.50. The summed E-state index contributed by atoms with van der Waals surface area (Å²) in [6.07, 6.45) is 0.991. The van der Waals surface area contributed by atoms with Gasteiger partial charge in [0.15, 0.2) is 0 Å². The summed E-state index contributed by atoms with van der Waals surface area (Å²) < 4.78 is 0.990. The fourth-order valence-corrected chi connectivity index (χ4v) is 2.34. The minimum atomic E-state index is 0.0997. The number of anilines is 1. The van der Waals surface area contributed by atoms with Gasteiger partial charge in [0, 0.05) is 37.3 Å². The van der Waals surface area contributed by atoms with Crippen molar-refractivity contribution in [3.63, 3.8) is 0 Å². The first kappa shape index (κ1) is 16.0. The molecular formula is C14H22BrN3O. The van der Waals surface area contributed by atoms with Crippen LogP contribution < -0.4 is 10.6 Å². The molecule has 0 aromatic heterocycles. The fourth-order valence-electron chi connectivity index (χ4n) is 1.81. The number of rotatable bonds is 6. The second-order valence-corrected chi connectivity index (χ2v) is 5.65. The zero-order valence-electron chi connectivity index (χ0n) is 11.8. The van der Waals surface area contributed by atoms with Gasteiger partial charge in [-0.2, -0.15) is 0 Å². The van der Waals surface area contributed by atoms with Crippen LogP contribution in [0, 0.1) is 0 Å². The molecule has 0 saturated carbocycles. The average Bonchev–Trinajstić information content (AvgIpc) is 2.37. The van der Waals surface area contributed by atoms with Crippen molar-refractivity contribution in [1.29, 1.82) is 0 Å². The molecule has 19 heavy (non-hydrogen) atoms. The van der Waals surface area contributed by atoms with Crippen molar-refractivity contribution >= 4 is 27.5 Å². The molecule has 106 valence electrons. The van der Waals surface area contributed by atoms with Crippen molar-refractivity contribution in [3.05, 3.63) is 28.2 Å². The number of nitrogens with zero attached hydrogens (tertiary/aromatic N) is 2. The van der Waals surface area contributed by atoms with Gasteiger partial charge in [-0.05, 0) is 30.2 Å². The Labute approximate surface area is 123 Å². The van der Waals surface area contributed by atoms with Crippen molar-refractivity contribution in [2.75, 3.05) is 32.1 Å². The Balaban J connectivity index is 2.97. The molecule has 0 heterocycles. The van der Waals surface area contributed by atoms with Gasteiger partial charge < -0.3 is 15.5 Å². The van der Waals surface area contributed by atoms with Crippen molar-refractivity contribution in [1.82, 2.24) is 4.90 Å². The number of halogens is 1. The first-order valence-electron chi connectivity index (χ1n) is 6.42. The highest BCUT2D eigenvalue weighted by Gasteiger charge is 2.13. The Hall–Kier alpha value is -1.07. The first-order chi connectivity index (χ1) is 8.97. The lowest BCUT2D eigenvalue weighted by molar-refractivity contribution is -0.127. The van der Waals surface area contributed by atoms with Gasteiger partial charge in [-0.1, -0.05) is 22.9 Å². The molecule has 0 fully saturated rings. The van der Waals surface area contributed by atoms with Crippen molar-refractivity contribution < 1.29 is 4.79 Å². The molecular weight excluding hydrogens is 306 g/mol. The predicted octanol–water partition coefficient (Wildman–Crippen LogP) is 2.21. The molecule has 1 amide bonds. The average molecular weight is 328 g/mol. The zero-order valence-corrected chi connectivity index (χ0v) is 13.4. The van der Waals surface area contributed by atoms with E-state index in [1.807, 2.05) is 18.2 Å². The van der Waals surface area contributed by atoms with Gasteiger partial charge in [0.2, 0.25) is 5.91 Å². The SMILES string of the molecule is CCCN(CC(=O)N(C)C)c1cc(Br)cc(CN)c1. The van der Waals surface area contributed by atoms with E-state index >= 15 is 0 Å². The third-order valence-electron chi connectivity index (χ3n) is 2.86. The molecule has 4 nitrogen and oxygen atoms in total. The van der Waals surface area contributed by atoms with Crippen LogP contribution in [-0.4, -0.2) is 38.0 Å². The smallest absolute Gasteiger partial charge is 0.241 e. The molecule has 1 aromatic carbocycles. The second-order valence-electron chi connectivity index (χ2n) is 4.73. The molecule has 0 atom stereocenters. The van der Waals surface area contributed by atoms with E-state index in [4.69, 9.17) is 5.73 Å². The number of likely N-dealkylation sites (N-methyl/N-ethyl adjacent to an activating group) is 1. The predicted molar refractivity (Wildman–Crippen MR) is 83.2 cm³/mol. The number of carbonyl (C=O) groups is 1. The molecule has 1 aromatic rings. The van der Waals surface area contributed by atoms with Gasteiger partial charge in [0.25, 0.3) is 0 Å². The highest BCUT2D eigenvalue weighted by atomic mass is 79.9. The van der Waals surface area contributed by atoms with Crippen molar-refractivity contribution in [3.8, 4) is 0 Å². The Kier molecular flexibility index (Phi) is 6.31. The van der Waals surface area contributed by atoms with Crippen molar-refractivity contribution in [2.24, 2.45) is 5.73 Å². The summed E-state index contributed by atoms with van der Waals surface area (Å²) >= 11 is 3.49. The molecule has 2 N–H and O–H groups in total. The van der Waals surface area contributed by atoms with Gasteiger partial charge in [-0.25, -0.2) is 0 Å². The minimum Gasteiger partial charge on any atom is -0.362 e. The summed E-state index contributed by atoms with van der Waals surface area (Å²) in [6, 6.07) is 6.07. The van der Waals surface area contributed by atoms with E-state index in [2.05, 4.69) is 27.8 Å². The molecule has 0 aliphatic carbocycles. The molecule has 0 radical (unpaired) electrons. The van der Waals surface area contributed by atoms with Crippen LogP contribution in [0.1, 0.15) is 18.9 Å². The molecule has 0 spiro atoms. The standard InChI is InChI=1S/C14H22BrN3O/c1-4-5-18(10-14(19)17(2)3)13-7-11(9-16)6-12(15)8-13/h6-8H,4-5,9-10,16H2,1-3H3. The number of benzene rings is 1. The number of hydrogen-bond acceptors (Lipinski definition) is 3. The van der Waals surface area contributed by atoms with Crippen LogP contribution in [0.3, 0.4) is 0 Å². The van der Waals surface area contributed by atoms with Crippen LogP contribution in [0.15, 0.2) is 22.7 Å². The Morgan fingerprint density at radius 1 is 1.32 bits per heavy atom.